The molecule has 0 radical (unpaired) electrons. The van der Waals surface area contributed by atoms with Crippen LogP contribution in [0.15, 0.2) is 18.2 Å². The Balaban J connectivity index is 2.31. The highest BCUT2D eigenvalue weighted by atomic mass is 35.5. The SMILES string of the molecule is CCN(CC)CCNCc1ccc(F)cc1Cl. The van der Waals surface area contributed by atoms with Crippen LogP contribution < -0.4 is 5.32 Å². The van der Waals surface area contributed by atoms with E-state index in [0.29, 0.717) is 11.6 Å². The molecule has 0 aliphatic heterocycles. The molecule has 0 fully saturated rings. The summed E-state index contributed by atoms with van der Waals surface area (Å²) in [5.74, 6) is -0.290. The molecule has 0 aromatic heterocycles. The van der Waals surface area contributed by atoms with Crippen LogP contribution in [0.3, 0.4) is 0 Å². The Morgan fingerprint density at radius 2 is 2.00 bits per heavy atom. The molecule has 1 N–H and O–H groups in total. The van der Waals surface area contributed by atoms with E-state index >= 15 is 0 Å². The summed E-state index contributed by atoms with van der Waals surface area (Å²) in [6.07, 6.45) is 0. The number of hydrogen-bond donors (Lipinski definition) is 1. The van der Waals surface area contributed by atoms with Crippen molar-refractivity contribution >= 4 is 11.6 Å². The molecule has 0 unspecified atom stereocenters. The van der Waals surface area contributed by atoms with Crippen molar-refractivity contribution in [3.63, 3.8) is 0 Å². The lowest BCUT2D eigenvalue weighted by Crippen LogP contribution is -2.31. The van der Waals surface area contributed by atoms with Crippen molar-refractivity contribution in [1.29, 1.82) is 0 Å². The van der Waals surface area contributed by atoms with Gasteiger partial charge in [0.2, 0.25) is 0 Å². The number of hydrogen-bond acceptors (Lipinski definition) is 2. The monoisotopic (exact) mass is 258 g/mol. The van der Waals surface area contributed by atoms with Crippen molar-refractivity contribution in [2.45, 2.75) is 20.4 Å². The lowest BCUT2D eigenvalue weighted by Gasteiger charge is -2.18. The average Bonchev–Trinajstić information content (AvgIpc) is 2.32. The van der Waals surface area contributed by atoms with Crippen LogP contribution in [0.4, 0.5) is 4.39 Å². The van der Waals surface area contributed by atoms with Crippen LogP contribution in [0.2, 0.25) is 5.02 Å². The molecule has 96 valence electrons. The minimum atomic E-state index is -0.290. The molecule has 17 heavy (non-hydrogen) atoms. The molecule has 0 amide bonds. The number of likely N-dealkylation sites (N-methyl/N-ethyl adjacent to an activating group) is 1. The quantitative estimate of drug-likeness (QED) is 0.757. The summed E-state index contributed by atoms with van der Waals surface area (Å²) in [7, 11) is 0. The second-order valence-corrected chi connectivity index (χ2v) is 4.35. The maximum Gasteiger partial charge on any atom is 0.124 e. The van der Waals surface area contributed by atoms with Gasteiger partial charge in [-0.1, -0.05) is 31.5 Å². The molecule has 1 rings (SSSR count). The van der Waals surface area contributed by atoms with Crippen LogP contribution >= 0.6 is 11.6 Å². The third-order valence-corrected chi connectivity index (χ3v) is 3.18. The summed E-state index contributed by atoms with van der Waals surface area (Å²) in [4.78, 5) is 2.35. The smallest absolute Gasteiger partial charge is 0.124 e. The Kier molecular flexibility index (Phi) is 6.48. The fourth-order valence-electron chi connectivity index (χ4n) is 1.67. The normalized spacial score (nSPS) is 11.1. The summed E-state index contributed by atoms with van der Waals surface area (Å²) in [5.41, 5.74) is 0.938. The molecule has 0 atom stereocenters. The van der Waals surface area contributed by atoms with Gasteiger partial charge in [-0.15, -0.1) is 0 Å². The van der Waals surface area contributed by atoms with E-state index in [1.54, 1.807) is 6.07 Å². The van der Waals surface area contributed by atoms with Crippen molar-refractivity contribution in [3.8, 4) is 0 Å². The molecule has 0 spiro atoms. The van der Waals surface area contributed by atoms with Gasteiger partial charge >= 0.3 is 0 Å². The summed E-state index contributed by atoms with van der Waals surface area (Å²) < 4.78 is 12.8. The Labute approximate surface area is 108 Å². The molecule has 0 heterocycles. The van der Waals surface area contributed by atoms with Crippen molar-refractivity contribution in [2.75, 3.05) is 26.2 Å². The zero-order chi connectivity index (χ0) is 12.7. The molecule has 2 nitrogen and oxygen atoms in total. The predicted molar refractivity (Wildman–Crippen MR) is 70.9 cm³/mol. The van der Waals surface area contributed by atoms with E-state index < -0.39 is 0 Å². The molecule has 1 aromatic rings. The van der Waals surface area contributed by atoms with E-state index in [-0.39, 0.29) is 5.82 Å². The maximum atomic E-state index is 12.8. The first-order valence-electron chi connectivity index (χ1n) is 6.04. The Bertz CT molecular complexity index is 340. The summed E-state index contributed by atoms with van der Waals surface area (Å²) in [5, 5.41) is 3.80. The predicted octanol–water partition coefficient (Wildman–Crippen LogP) is 2.91. The zero-order valence-electron chi connectivity index (χ0n) is 10.5. The first-order chi connectivity index (χ1) is 8.17. The average molecular weight is 259 g/mol. The van der Waals surface area contributed by atoms with Gasteiger partial charge in [-0.3, -0.25) is 0 Å². The fourth-order valence-corrected chi connectivity index (χ4v) is 1.90. The highest BCUT2D eigenvalue weighted by Crippen LogP contribution is 2.16. The lowest BCUT2D eigenvalue weighted by atomic mass is 10.2. The molecular formula is C13H20ClFN2. The van der Waals surface area contributed by atoms with E-state index in [9.17, 15) is 4.39 Å². The second kappa shape index (κ2) is 7.64. The largest absolute Gasteiger partial charge is 0.311 e. The number of benzene rings is 1. The molecule has 0 bridgehead atoms. The first kappa shape index (κ1) is 14.4. The van der Waals surface area contributed by atoms with Gasteiger partial charge in [-0.05, 0) is 30.8 Å². The third kappa shape index (κ3) is 5.02. The van der Waals surface area contributed by atoms with Crippen molar-refractivity contribution < 1.29 is 4.39 Å². The molecule has 0 aliphatic carbocycles. The van der Waals surface area contributed by atoms with Crippen molar-refractivity contribution in [3.05, 3.63) is 34.6 Å². The van der Waals surface area contributed by atoms with E-state index in [1.165, 1.54) is 12.1 Å². The van der Waals surface area contributed by atoms with Crippen molar-refractivity contribution in [1.82, 2.24) is 10.2 Å². The van der Waals surface area contributed by atoms with Crippen LogP contribution in [0, 0.1) is 5.82 Å². The highest BCUT2D eigenvalue weighted by molar-refractivity contribution is 6.31. The van der Waals surface area contributed by atoms with Crippen LogP contribution in [0.25, 0.3) is 0 Å². The molecular weight excluding hydrogens is 239 g/mol. The topological polar surface area (TPSA) is 15.3 Å². The van der Waals surface area contributed by atoms with Crippen LogP contribution in [-0.2, 0) is 6.54 Å². The van der Waals surface area contributed by atoms with E-state index in [0.717, 1.165) is 31.7 Å². The van der Waals surface area contributed by atoms with Crippen molar-refractivity contribution in [2.24, 2.45) is 0 Å². The second-order valence-electron chi connectivity index (χ2n) is 3.94. The third-order valence-electron chi connectivity index (χ3n) is 2.83. The van der Waals surface area contributed by atoms with Gasteiger partial charge in [-0.2, -0.15) is 0 Å². The van der Waals surface area contributed by atoms with Crippen LogP contribution in [0.1, 0.15) is 19.4 Å². The molecule has 1 aromatic carbocycles. The lowest BCUT2D eigenvalue weighted by molar-refractivity contribution is 0.302. The van der Waals surface area contributed by atoms with E-state index in [2.05, 4.69) is 24.1 Å². The Hall–Kier alpha value is -0.640. The Morgan fingerprint density at radius 1 is 1.29 bits per heavy atom. The van der Waals surface area contributed by atoms with Gasteiger partial charge < -0.3 is 10.2 Å². The van der Waals surface area contributed by atoms with Crippen LogP contribution in [0.5, 0.6) is 0 Å². The Morgan fingerprint density at radius 3 is 2.59 bits per heavy atom. The first-order valence-corrected chi connectivity index (χ1v) is 6.42. The van der Waals surface area contributed by atoms with E-state index in [1.807, 2.05) is 0 Å². The minimum absolute atomic E-state index is 0.290. The molecule has 0 saturated heterocycles. The van der Waals surface area contributed by atoms with Crippen LogP contribution in [-0.4, -0.2) is 31.1 Å². The molecule has 0 saturated carbocycles. The number of nitrogens with zero attached hydrogens (tertiary/aromatic N) is 1. The number of rotatable bonds is 7. The zero-order valence-corrected chi connectivity index (χ0v) is 11.2. The summed E-state index contributed by atoms with van der Waals surface area (Å²) in [6.45, 7) is 9.05. The summed E-state index contributed by atoms with van der Waals surface area (Å²) in [6, 6.07) is 4.51. The fraction of sp³-hybridized carbons (Fsp3) is 0.538. The van der Waals surface area contributed by atoms with Gasteiger partial charge in [0.15, 0.2) is 0 Å². The van der Waals surface area contributed by atoms with Gasteiger partial charge in [0.1, 0.15) is 5.82 Å². The molecule has 4 heteroatoms. The number of halogens is 2. The number of nitrogens with one attached hydrogen (secondary N) is 1. The van der Waals surface area contributed by atoms with E-state index in [4.69, 9.17) is 11.6 Å². The van der Waals surface area contributed by atoms with Gasteiger partial charge in [0, 0.05) is 24.7 Å². The molecule has 0 aliphatic rings. The van der Waals surface area contributed by atoms with Gasteiger partial charge in [-0.25, -0.2) is 4.39 Å². The van der Waals surface area contributed by atoms with Gasteiger partial charge in [0.25, 0.3) is 0 Å². The van der Waals surface area contributed by atoms with Gasteiger partial charge in [0.05, 0.1) is 0 Å². The standard InChI is InChI=1S/C13H20ClFN2/c1-3-17(4-2)8-7-16-10-11-5-6-12(15)9-13(11)14/h5-6,9,16H,3-4,7-8,10H2,1-2H3. The maximum absolute atomic E-state index is 12.8. The highest BCUT2D eigenvalue weighted by Gasteiger charge is 2.02. The summed E-state index contributed by atoms with van der Waals surface area (Å²) >= 11 is 5.94. The minimum Gasteiger partial charge on any atom is -0.311 e.